The molecule has 1 unspecified atom stereocenters. The molecule has 1 aliphatic carbocycles. The summed E-state index contributed by atoms with van der Waals surface area (Å²) in [4.78, 5) is 39.8. The molecule has 3 amide bonds. The highest BCUT2D eigenvalue weighted by atomic mass is 35.5. The molecule has 7 nitrogen and oxygen atoms in total. The van der Waals surface area contributed by atoms with Crippen LogP contribution in [-0.4, -0.2) is 41.8 Å². The number of halogens is 1. The minimum Gasteiger partial charge on any atom is -0.492 e. The summed E-state index contributed by atoms with van der Waals surface area (Å²) in [7, 11) is 0. The lowest BCUT2D eigenvalue weighted by Gasteiger charge is -2.24. The van der Waals surface area contributed by atoms with Gasteiger partial charge in [0, 0.05) is 16.6 Å². The molecule has 2 aromatic rings. The Labute approximate surface area is 179 Å². The molecule has 1 heterocycles. The van der Waals surface area contributed by atoms with Crippen LogP contribution in [-0.2, 0) is 9.59 Å². The van der Waals surface area contributed by atoms with Crippen LogP contribution in [0.3, 0.4) is 0 Å². The van der Waals surface area contributed by atoms with Crippen molar-refractivity contribution in [1.29, 1.82) is 0 Å². The van der Waals surface area contributed by atoms with E-state index in [0.29, 0.717) is 34.2 Å². The number of amides is 3. The van der Waals surface area contributed by atoms with E-state index in [2.05, 4.69) is 10.6 Å². The fraction of sp³-hybridized carbons (Fsp3) is 0.318. The maximum absolute atomic E-state index is 12.9. The second-order valence-corrected chi connectivity index (χ2v) is 7.71. The minimum atomic E-state index is -0.709. The topological polar surface area (TPSA) is 87.7 Å². The van der Waals surface area contributed by atoms with E-state index in [1.54, 1.807) is 41.3 Å². The van der Waals surface area contributed by atoms with Crippen molar-refractivity contribution in [3.8, 4) is 5.75 Å². The van der Waals surface area contributed by atoms with Crippen molar-refractivity contribution in [2.45, 2.75) is 31.8 Å². The van der Waals surface area contributed by atoms with Crippen molar-refractivity contribution in [3.05, 3.63) is 58.6 Å². The predicted molar refractivity (Wildman–Crippen MR) is 113 cm³/mol. The van der Waals surface area contributed by atoms with Crippen molar-refractivity contribution < 1.29 is 19.1 Å². The molecule has 30 heavy (non-hydrogen) atoms. The van der Waals surface area contributed by atoms with Crippen LogP contribution in [0, 0.1) is 0 Å². The van der Waals surface area contributed by atoms with Gasteiger partial charge in [0.2, 0.25) is 11.8 Å². The van der Waals surface area contributed by atoms with Gasteiger partial charge in [-0.1, -0.05) is 29.8 Å². The summed E-state index contributed by atoms with van der Waals surface area (Å²) < 4.78 is 5.49. The number of carbonyl (C=O) groups excluding carboxylic acids is 3. The molecule has 0 bridgehead atoms. The highest BCUT2D eigenvalue weighted by Gasteiger charge is 2.47. The summed E-state index contributed by atoms with van der Waals surface area (Å²) >= 11 is 6.01. The lowest BCUT2D eigenvalue weighted by Crippen LogP contribution is -2.42. The zero-order valence-electron chi connectivity index (χ0n) is 16.5. The molecular formula is C22H22ClN3O4. The summed E-state index contributed by atoms with van der Waals surface area (Å²) in [6, 6.07) is 11.4. The van der Waals surface area contributed by atoms with Crippen LogP contribution in [0.15, 0.2) is 42.5 Å². The molecule has 0 spiro atoms. The zero-order chi connectivity index (χ0) is 21.3. The number of rotatable bonds is 7. The number of hydrogen-bond acceptors (Lipinski definition) is 4. The SMILES string of the molecule is CCOc1ccc(Cl)cc1NC(=O)CNC(=O)C1c2ccccc2C(=O)N1C1CC1. The minimum absolute atomic E-state index is 0.0784. The van der Waals surface area contributed by atoms with Crippen molar-refractivity contribution in [1.82, 2.24) is 10.2 Å². The lowest BCUT2D eigenvalue weighted by molar-refractivity contribution is -0.127. The van der Waals surface area contributed by atoms with Crippen LogP contribution in [0.5, 0.6) is 5.75 Å². The van der Waals surface area contributed by atoms with Gasteiger partial charge < -0.3 is 20.3 Å². The van der Waals surface area contributed by atoms with E-state index in [0.717, 1.165) is 12.8 Å². The van der Waals surface area contributed by atoms with Crippen LogP contribution >= 0.6 is 11.6 Å². The second-order valence-electron chi connectivity index (χ2n) is 7.27. The molecule has 156 valence electrons. The molecule has 8 heteroatoms. The fourth-order valence-corrected chi connectivity index (χ4v) is 3.85. The Morgan fingerprint density at radius 1 is 1.20 bits per heavy atom. The Morgan fingerprint density at radius 2 is 1.97 bits per heavy atom. The normalized spacial score (nSPS) is 17.5. The summed E-state index contributed by atoms with van der Waals surface area (Å²) in [6.45, 7) is 2.04. The average molecular weight is 428 g/mol. The average Bonchev–Trinajstić information content (AvgIpc) is 3.52. The Balaban J connectivity index is 1.44. The van der Waals surface area contributed by atoms with Gasteiger partial charge in [-0.15, -0.1) is 0 Å². The zero-order valence-corrected chi connectivity index (χ0v) is 17.2. The van der Waals surface area contributed by atoms with Crippen molar-refractivity contribution in [2.24, 2.45) is 0 Å². The predicted octanol–water partition coefficient (Wildman–Crippen LogP) is 3.15. The number of carbonyl (C=O) groups is 3. The lowest BCUT2D eigenvalue weighted by atomic mass is 10.0. The maximum atomic E-state index is 12.9. The van der Waals surface area contributed by atoms with E-state index < -0.39 is 11.9 Å². The maximum Gasteiger partial charge on any atom is 0.255 e. The first kappa shape index (κ1) is 20.2. The molecular weight excluding hydrogens is 406 g/mol. The number of nitrogens with one attached hydrogen (secondary N) is 2. The smallest absolute Gasteiger partial charge is 0.255 e. The molecule has 4 rings (SSSR count). The monoisotopic (exact) mass is 427 g/mol. The fourth-order valence-electron chi connectivity index (χ4n) is 3.67. The van der Waals surface area contributed by atoms with Gasteiger partial charge in [0.05, 0.1) is 18.8 Å². The number of hydrogen-bond donors (Lipinski definition) is 2. The molecule has 0 aromatic heterocycles. The van der Waals surface area contributed by atoms with Crippen LogP contribution in [0.2, 0.25) is 5.02 Å². The molecule has 0 radical (unpaired) electrons. The van der Waals surface area contributed by atoms with Gasteiger partial charge >= 0.3 is 0 Å². The molecule has 0 saturated heterocycles. The van der Waals surface area contributed by atoms with E-state index in [4.69, 9.17) is 16.3 Å². The van der Waals surface area contributed by atoms with Gasteiger partial charge in [-0.25, -0.2) is 0 Å². The Kier molecular flexibility index (Phi) is 5.63. The van der Waals surface area contributed by atoms with E-state index in [1.165, 1.54) is 0 Å². The number of anilines is 1. The van der Waals surface area contributed by atoms with Crippen molar-refractivity contribution in [3.63, 3.8) is 0 Å². The molecule has 2 N–H and O–H groups in total. The van der Waals surface area contributed by atoms with Gasteiger partial charge in [-0.05, 0) is 49.6 Å². The Hall–Kier alpha value is -3.06. The van der Waals surface area contributed by atoms with Crippen molar-refractivity contribution in [2.75, 3.05) is 18.5 Å². The van der Waals surface area contributed by atoms with Crippen LogP contribution in [0.25, 0.3) is 0 Å². The third kappa shape index (κ3) is 3.98. The third-order valence-corrected chi connectivity index (χ3v) is 5.36. The van der Waals surface area contributed by atoms with Gasteiger partial charge in [-0.3, -0.25) is 14.4 Å². The van der Waals surface area contributed by atoms with Crippen LogP contribution < -0.4 is 15.4 Å². The quantitative estimate of drug-likeness (QED) is 0.710. The third-order valence-electron chi connectivity index (χ3n) is 5.13. The first-order valence-electron chi connectivity index (χ1n) is 9.91. The highest BCUT2D eigenvalue weighted by Crippen LogP contribution is 2.41. The number of ether oxygens (including phenoxy) is 1. The second kappa shape index (κ2) is 8.36. The highest BCUT2D eigenvalue weighted by molar-refractivity contribution is 6.31. The summed E-state index contributed by atoms with van der Waals surface area (Å²) in [5.74, 6) is -0.414. The van der Waals surface area contributed by atoms with Crippen LogP contribution in [0.4, 0.5) is 5.69 Å². The first-order valence-corrected chi connectivity index (χ1v) is 10.3. The first-order chi connectivity index (χ1) is 14.5. The van der Waals surface area contributed by atoms with E-state index in [1.807, 2.05) is 13.0 Å². The van der Waals surface area contributed by atoms with Gasteiger partial charge in [0.15, 0.2) is 0 Å². The molecule has 1 saturated carbocycles. The molecule has 2 aliphatic rings. The number of fused-ring (bicyclic) bond motifs is 1. The molecule has 2 aromatic carbocycles. The van der Waals surface area contributed by atoms with Gasteiger partial charge in [0.1, 0.15) is 11.8 Å². The largest absolute Gasteiger partial charge is 0.492 e. The number of nitrogens with zero attached hydrogens (tertiary/aromatic N) is 1. The Bertz CT molecular complexity index is 1010. The van der Waals surface area contributed by atoms with Gasteiger partial charge in [-0.2, -0.15) is 0 Å². The van der Waals surface area contributed by atoms with Crippen molar-refractivity contribution >= 4 is 35.0 Å². The Morgan fingerprint density at radius 3 is 2.70 bits per heavy atom. The van der Waals surface area contributed by atoms with E-state index >= 15 is 0 Å². The molecule has 1 aliphatic heterocycles. The van der Waals surface area contributed by atoms with Gasteiger partial charge in [0.25, 0.3) is 5.91 Å². The van der Waals surface area contributed by atoms with E-state index in [9.17, 15) is 14.4 Å². The molecule has 1 atom stereocenters. The summed E-state index contributed by atoms with van der Waals surface area (Å²) in [5, 5.41) is 5.84. The molecule has 1 fully saturated rings. The van der Waals surface area contributed by atoms with E-state index in [-0.39, 0.29) is 24.4 Å². The van der Waals surface area contributed by atoms with Crippen LogP contribution in [0.1, 0.15) is 41.7 Å². The summed E-state index contributed by atoms with van der Waals surface area (Å²) in [5.41, 5.74) is 1.67. The summed E-state index contributed by atoms with van der Waals surface area (Å²) in [6.07, 6.45) is 1.78. The number of benzene rings is 2. The standard InChI is InChI=1S/C22H22ClN3O4/c1-2-30-18-10-7-13(23)11-17(18)25-19(27)12-24-21(28)20-15-5-3-4-6-16(15)22(29)26(20)14-8-9-14/h3-7,10-11,14,20H,2,8-9,12H2,1H3,(H,24,28)(H,25,27).